The van der Waals surface area contributed by atoms with Gasteiger partial charge < -0.3 is 10.2 Å². The van der Waals surface area contributed by atoms with Crippen LogP contribution in [0, 0.1) is 24.6 Å². The molecule has 0 aliphatic carbocycles. The second-order valence-corrected chi connectivity index (χ2v) is 8.56. The quantitative estimate of drug-likeness (QED) is 0.597. The van der Waals surface area contributed by atoms with Crippen LogP contribution >= 0.6 is 11.3 Å². The first-order chi connectivity index (χ1) is 15.5. The van der Waals surface area contributed by atoms with Gasteiger partial charge in [0.2, 0.25) is 0 Å². The molecule has 7 heteroatoms. The zero-order chi connectivity index (χ0) is 22.5. The zero-order valence-corrected chi connectivity index (χ0v) is 18.4. The van der Waals surface area contributed by atoms with E-state index in [2.05, 4.69) is 22.1 Å². The van der Waals surface area contributed by atoms with E-state index in [1.54, 1.807) is 29.3 Å². The average molecular weight is 448 g/mol. The molecule has 1 aliphatic rings. The Hall–Kier alpha value is -3.50. The number of halogens is 1. The molecule has 1 fully saturated rings. The van der Waals surface area contributed by atoms with Crippen molar-refractivity contribution in [1.29, 1.82) is 0 Å². The molecule has 0 spiro atoms. The van der Waals surface area contributed by atoms with Gasteiger partial charge in [0.1, 0.15) is 11.5 Å². The molecule has 162 valence electrons. The van der Waals surface area contributed by atoms with E-state index in [0.717, 1.165) is 23.4 Å². The van der Waals surface area contributed by atoms with Crippen molar-refractivity contribution < 1.29 is 14.0 Å². The number of piperidine rings is 1. The fourth-order valence-corrected chi connectivity index (χ4v) is 4.47. The molecule has 1 N–H and O–H groups in total. The molecule has 2 aromatic carbocycles. The van der Waals surface area contributed by atoms with Gasteiger partial charge in [-0.05, 0) is 49.6 Å². The van der Waals surface area contributed by atoms with Gasteiger partial charge in [-0.1, -0.05) is 30.2 Å². The van der Waals surface area contributed by atoms with Crippen LogP contribution in [0.5, 0.6) is 0 Å². The van der Waals surface area contributed by atoms with Crippen molar-refractivity contribution in [3.05, 3.63) is 81.6 Å². The van der Waals surface area contributed by atoms with E-state index in [4.69, 9.17) is 0 Å². The summed E-state index contributed by atoms with van der Waals surface area (Å²) in [5.41, 5.74) is 2.06. The molecule has 3 aromatic rings. The number of likely N-dealkylation sites (tertiary alicyclic amines) is 1. The summed E-state index contributed by atoms with van der Waals surface area (Å²) in [5.74, 6) is 4.93. The van der Waals surface area contributed by atoms with Crippen LogP contribution in [0.2, 0.25) is 0 Å². The first kappa shape index (κ1) is 21.7. The van der Waals surface area contributed by atoms with Crippen LogP contribution in [0.4, 0.5) is 10.1 Å². The summed E-state index contributed by atoms with van der Waals surface area (Å²) in [7, 11) is 0. The molecular formula is C25H22FN3O2S. The Kier molecular flexibility index (Phi) is 6.62. The van der Waals surface area contributed by atoms with Gasteiger partial charge in [0, 0.05) is 41.6 Å². The molecule has 1 saturated heterocycles. The Morgan fingerprint density at radius 1 is 1.16 bits per heavy atom. The van der Waals surface area contributed by atoms with Crippen molar-refractivity contribution in [3.8, 4) is 11.8 Å². The lowest BCUT2D eigenvalue weighted by Gasteiger charge is -2.29. The number of hydrogen-bond donors (Lipinski definition) is 1. The van der Waals surface area contributed by atoms with E-state index in [9.17, 15) is 14.0 Å². The highest BCUT2D eigenvalue weighted by Gasteiger charge is 2.26. The van der Waals surface area contributed by atoms with E-state index in [-0.39, 0.29) is 23.5 Å². The maximum absolute atomic E-state index is 13.7. The highest BCUT2D eigenvalue weighted by Crippen LogP contribution is 2.30. The highest BCUT2D eigenvalue weighted by atomic mass is 32.1. The molecule has 0 bridgehead atoms. The molecule has 5 nitrogen and oxygen atoms in total. The molecule has 2 amide bonds. The normalized spacial score (nSPS) is 13.9. The maximum atomic E-state index is 13.7. The van der Waals surface area contributed by atoms with Crippen LogP contribution in [0.15, 0.2) is 53.9 Å². The number of carbonyl (C=O) groups is 2. The van der Waals surface area contributed by atoms with Crippen LogP contribution < -0.4 is 5.32 Å². The third-order valence-corrected chi connectivity index (χ3v) is 6.41. The molecule has 0 saturated carbocycles. The van der Waals surface area contributed by atoms with Crippen molar-refractivity contribution in [3.63, 3.8) is 0 Å². The number of nitrogens with zero attached hydrogens (tertiary/aromatic N) is 2. The second kappa shape index (κ2) is 9.75. The second-order valence-electron chi connectivity index (χ2n) is 7.67. The van der Waals surface area contributed by atoms with Crippen LogP contribution in [0.1, 0.15) is 45.4 Å². The summed E-state index contributed by atoms with van der Waals surface area (Å²) in [6, 6.07) is 14.0. The summed E-state index contributed by atoms with van der Waals surface area (Å²) < 4.78 is 13.7. The molecule has 32 heavy (non-hydrogen) atoms. The van der Waals surface area contributed by atoms with Crippen LogP contribution in [-0.4, -0.2) is 34.8 Å². The predicted molar refractivity (Wildman–Crippen MR) is 123 cm³/mol. The van der Waals surface area contributed by atoms with Gasteiger partial charge in [0.05, 0.1) is 5.01 Å². The van der Waals surface area contributed by atoms with Crippen LogP contribution in [0.25, 0.3) is 0 Å². The van der Waals surface area contributed by atoms with Crippen LogP contribution in [0.3, 0.4) is 0 Å². The van der Waals surface area contributed by atoms with Crippen molar-refractivity contribution >= 4 is 28.8 Å². The molecule has 0 unspecified atom stereocenters. The third-order valence-electron chi connectivity index (χ3n) is 5.40. The fourth-order valence-electron chi connectivity index (χ4n) is 3.50. The van der Waals surface area contributed by atoms with Gasteiger partial charge in [-0.3, -0.25) is 9.59 Å². The number of rotatable bonds is 3. The standard InChI is InChI=1S/C25H22FN3O2S/c1-17-7-9-20(15-21(17)26)27-24(31)22-16-32-25(28-22)19-11-13-29(14-12-19)23(30)10-8-18-5-3-2-4-6-18/h2-7,9,15-16,19H,11-14H2,1H3,(H,27,31). The van der Waals surface area contributed by atoms with Gasteiger partial charge in [0.25, 0.3) is 11.8 Å². The zero-order valence-electron chi connectivity index (χ0n) is 17.6. The Morgan fingerprint density at radius 2 is 1.91 bits per heavy atom. The predicted octanol–water partition coefficient (Wildman–Crippen LogP) is 4.60. The first-order valence-electron chi connectivity index (χ1n) is 10.4. The highest BCUT2D eigenvalue weighted by molar-refractivity contribution is 7.10. The molecule has 1 aromatic heterocycles. The average Bonchev–Trinajstić information content (AvgIpc) is 3.31. The van der Waals surface area contributed by atoms with Gasteiger partial charge in [0.15, 0.2) is 0 Å². The largest absolute Gasteiger partial charge is 0.332 e. The summed E-state index contributed by atoms with van der Waals surface area (Å²) in [4.78, 5) is 31.1. The number of benzene rings is 2. The topological polar surface area (TPSA) is 62.3 Å². The van der Waals surface area contributed by atoms with E-state index in [1.165, 1.54) is 17.4 Å². The number of anilines is 1. The Balaban J connectivity index is 1.32. The lowest BCUT2D eigenvalue weighted by atomic mass is 9.97. The third kappa shape index (κ3) is 5.21. The number of aryl methyl sites for hydroxylation is 1. The molecule has 2 heterocycles. The van der Waals surface area contributed by atoms with Gasteiger partial charge >= 0.3 is 0 Å². The summed E-state index contributed by atoms with van der Waals surface area (Å²) >= 11 is 1.44. The number of hydrogen-bond acceptors (Lipinski definition) is 4. The smallest absolute Gasteiger partial charge is 0.298 e. The van der Waals surface area contributed by atoms with Gasteiger partial charge in [-0.25, -0.2) is 9.37 Å². The molecule has 1 aliphatic heterocycles. The van der Waals surface area contributed by atoms with Crippen molar-refractivity contribution in [2.45, 2.75) is 25.7 Å². The van der Waals surface area contributed by atoms with Crippen molar-refractivity contribution in [1.82, 2.24) is 9.88 Å². The van der Waals surface area contributed by atoms with E-state index < -0.39 is 0 Å². The van der Waals surface area contributed by atoms with E-state index in [1.807, 2.05) is 30.3 Å². The first-order valence-corrected chi connectivity index (χ1v) is 11.3. The Bertz CT molecular complexity index is 1190. The molecule has 4 rings (SSSR count). The lowest BCUT2D eigenvalue weighted by molar-refractivity contribution is -0.126. The molecule has 0 atom stereocenters. The van der Waals surface area contributed by atoms with Gasteiger partial charge in [-0.15, -0.1) is 11.3 Å². The number of carbonyl (C=O) groups excluding carboxylic acids is 2. The van der Waals surface area contributed by atoms with Crippen LogP contribution in [-0.2, 0) is 4.79 Å². The minimum absolute atomic E-state index is 0.170. The van der Waals surface area contributed by atoms with Gasteiger partial charge in [-0.2, -0.15) is 0 Å². The summed E-state index contributed by atoms with van der Waals surface area (Å²) in [6.07, 6.45) is 1.55. The summed E-state index contributed by atoms with van der Waals surface area (Å²) in [6.45, 7) is 2.88. The number of aromatic nitrogens is 1. The SMILES string of the molecule is Cc1ccc(NC(=O)c2csc(C3CCN(C(=O)C#Cc4ccccc4)CC3)n2)cc1F. The lowest BCUT2D eigenvalue weighted by Crippen LogP contribution is -2.37. The minimum Gasteiger partial charge on any atom is -0.332 e. The molecular weight excluding hydrogens is 425 g/mol. The maximum Gasteiger partial charge on any atom is 0.298 e. The number of nitrogens with one attached hydrogen (secondary N) is 1. The number of amides is 2. The Morgan fingerprint density at radius 3 is 2.62 bits per heavy atom. The monoisotopic (exact) mass is 447 g/mol. The van der Waals surface area contributed by atoms with E-state index in [0.29, 0.717) is 30.0 Å². The van der Waals surface area contributed by atoms with Crippen molar-refractivity contribution in [2.75, 3.05) is 18.4 Å². The number of thiazole rings is 1. The minimum atomic E-state index is -0.364. The fraction of sp³-hybridized carbons (Fsp3) is 0.240. The Labute approximate surface area is 190 Å². The van der Waals surface area contributed by atoms with Crippen molar-refractivity contribution in [2.24, 2.45) is 0 Å². The van der Waals surface area contributed by atoms with E-state index >= 15 is 0 Å². The summed E-state index contributed by atoms with van der Waals surface area (Å²) in [5, 5.41) is 5.29. The molecule has 0 radical (unpaired) electrons.